The van der Waals surface area contributed by atoms with Crippen molar-refractivity contribution >= 4 is 33.8 Å². The molecule has 4 N–H and O–H groups in total. The summed E-state index contributed by atoms with van der Waals surface area (Å²) in [6.45, 7) is 0.280. The zero-order valence-corrected chi connectivity index (χ0v) is 14.2. The molecule has 0 saturated heterocycles. The highest BCUT2D eigenvalue weighted by molar-refractivity contribution is 7.80. The molecular formula is C19H17F2N3S. The molecule has 0 bridgehead atoms. The van der Waals surface area contributed by atoms with E-state index >= 15 is 0 Å². The third-order valence-corrected chi connectivity index (χ3v) is 4.97. The predicted octanol–water partition coefficient (Wildman–Crippen LogP) is 4.18. The Morgan fingerprint density at radius 3 is 2.68 bits per heavy atom. The maximum absolute atomic E-state index is 13.4. The Kier molecular flexibility index (Phi) is 3.54. The summed E-state index contributed by atoms with van der Waals surface area (Å²) in [5.41, 5.74) is 15.8. The van der Waals surface area contributed by atoms with Gasteiger partial charge in [-0.25, -0.2) is 8.78 Å². The number of thiocarbonyl (C=S) groups is 1. The zero-order chi connectivity index (χ0) is 17.8. The fraction of sp³-hybridized carbons (Fsp3) is 0.211. The van der Waals surface area contributed by atoms with Gasteiger partial charge in [-0.05, 0) is 23.8 Å². The summed E-state index contributed by atoms with van der Waals surface area (Å²) in [6.07, 6.45) is 1.86. The Morgan fingerprint density at radius 1 is 1.24 bits per heavy atom. The molecule has 4 rings (SSSR count). The number of benzene rings is 2. The van der Waals surface area contributed by atoms with Crippen LogP contribution in [0.25, 0.3) is 22.0 Å². The van der Waals surface area contributed by atoms with Gasteiger partial charge in [0.15, 0.2) is 0 Å². The minimum absolute atomic E-state index is 0.0543. The first-order chi connectivity index (χ1) is 11.8. The van der Waals surface area contributed by atoms with Gasteiger partial charge in [-0.3, -0.25) is 0 Å². The first kappa shape index (κ1) is 16.0. The molecule has 3 aromatic rings. The lowest BCUT2D eigenvalue weighted by Gasteiger charge is -2.04. The van der Waals surface area contributed by atoms with Crippen molar-refractivity contribution in [2.75, 3.05) is 5.73 Å². The highest BCUT2D eigenvalue weighted by Crippen LogP contribution is 2.50. The van der Waals surface area contributed by atoms with Gasteiger partial charge in [-0.1, -0.05) is 36.5 Å². The maximum Gasteiger partial charge on any atom is 0.253 e. The quantitative estimate of drug-likeness (QED) is 0.544. The number of nitrogen functional groups attached to an aromatic ring is 1. The summed E-state index contributed by atoms with van der Waals surface area (Å²) in [5, 5.41) is 0.971. The van der Waals surface area contributed by atoms with Crippen molar-refractivity contribution in [3.63, 3.8) is 0 Å². The Bertz CT molecular complexity index is 993. The molecule has 0 amide bonds. The van der Waals surface area contributed by atoms with Crippen molar-refractivity contribution in [1.82, 2.24) is 4.57 Å². The normalized spacial score (nSPS) is 18.4. The molecule has 1 aliphatic rings. The van der Waals surface area contributed by atoms with Gasteiger partial charge in [0.2, 0.25) is 0 Å². The van der Waals surface area contributed by atoms with Gasteiger partial charge in [-0.15, -0.1) is 0 Å². The minimum Gasteiger partial charge on any atom is -0.399 e. The second kappa shape index (κ2) is 5.52. The van der Waals surface area contributed by atoms with Gasteiger partial charge in [0.1, 0.15) is 4.99 Å². The lowest BCUT2D eigenvalue weighted by atomic mass is 10.0. The van der Waals surface area contributed by atoms with Gasteiger partial charge < -0.3 is 16.0 Å². The number of hydrogen-bond donors (Lipinski definition) is 2. The average Bonchev–Trinajstić information content (AvgIpc) is 3.01. The van der Waals surface area contributed by atoms with E-state index in [1.807, 2.05) is 53.2 Å². The standard InChI is InChI=1S/C19H17F2N3S/c20-19(21)8-13(19)9-24-10-16(15-5-4-14(22)7-17(15)24)11-2-1-3-12(6-11)18(23)25/h1-7,10,13H,8-9,22H2,(H2,23,25). The van der Waals surface area contributed by atoms with E-state index in [9.17, 15) is 8.78 Å². The maximum atomic E-state index is 13.4. The number of fused-ring (bicyclic) bond motifs is 1. The van der Waals surface area contributed by atoms with E-state index in [1.54, 1.807) is 0 Å². The fourth-order valence-corrected chi connectivity index (χ4v) is 3.36. The van der Waals surface area contributed by atoms with Gasteiger partial charge in [-0.2, -0.15) is 0 Å². The summed E-state index contributed by atoms with van der Waals surface area (Å²) in [7, 11) is 0. The smallest absolute Gasteiger partial charge is 0.253 e. The Morgan fingerprint density at radius 2 is 2.00 bits per heavy atom. The third-order valence-electron chi connectivity index (χ3n) is 4.74. The molecule has 25 heavy (non-hydrogen) atoms. The van der Waals surface area contributed by atoms with E-state index in [4.69, 9.17) is 23.7 Å². The van der Waals surface area contributed by atoms with E-state index in [0.717, 1.165) is 27.6 Å². The Hall–Kier alpha value is -2.47. The van der Waals surface area contributed by atoms with Crippen LogP contribution in [-0.2, 0) is 6.54 Å². The van der Waals surface area contributed by atoms with Crippen molar-refractivity contribution in [1.29, 1.82) is 0 Å². The largest absolute Gasteiger partial charge is 0.399 e. The van der Waals surface area contributed by atoms with Crippen molar-refractivity contribution in [2.45, 2.75) is 18.9 Å². The summed E-state index contributed by atoms with van der Waals surface area (Å²) in [4.78, 5) is 0.326. The molecule has 6 heteroatoms. The van der Waals surface area contributed by atoms with Gasteiger partial charge in [0.25, 0.3) is 5.92 Å². The lowest BCUT2D eigenvalue weighted by molar-refractivity contribution is 0.0954. The molecule has 2 aromatic carbocycles. The van der Waals surface area contributed by atoms with Crippen molar-refractivity contribution in [3.8, 4) is 11.1 Å². The molecule has 0 spiro atoms. The highest BCUT2D eigenvalue weighted by atomic mass is 32.1. The van der Waals surface area contributed by atoms with Crippen molar-refractivity contribution < 1.29 is 8.78 Å². The molecule has 1 saturated carbocycles. The molecule has 1 unspecified atom stereocenters. The van der Waals surface area contributed by atoms with E-state index < -0.39 is 11.8 Å². The Balaban J connectivity index is 1.84. The van der Waals surface area contributed by atoms with Crippen LogP contribution in [-0.4, -0.2) is 15.5 Å². The number of aromatic nitrogens is 1. The van der Waals surface area contributed by atoms with Crippen molar-refractivity contribution in [2.24, 2.45) is 11.7 Å². The van der Waals surface area contributed by atoms with Crippen LogP contribution in [0.5, 0.6) is 0 Å². The number of nitrogens with two attached hydrogens (primary N) is 2. The van der Waals surface area contributed by atoms with Gasteiger partial charge in [0, 0.05) is 47.3 Å². The van der Waals surface area contributed by atoms with Gasteiger partial charge in [0.05, 0.1) is 5.52 Å². The number of hydrogen-bond acceptors (Lipinski definition) is 2. The van der Waals surface area contributed by atoms with Crippen molar-refractivity contribution in [3.05, 3.63) is 54.2 Å². The topological polar surface area (TPSA) is 57.0 Å². The van der Waals surface area contributed by atoms with Crippen LogP contribution >= 0.6 is 12.2 Å². The van der Waals surface area contributed by atoms with Crippen LogP contribution in [0, 0.1) is 5.92 Å². The molecule has 128 valence electrons. The molecule has 1 aliphatic carbocycles. The lowest BCUT2D eigenvalue weighted by Crippen LogP contribution is -2.08. The molecule has 3 nitrogen and oxygen atoms in total. The summed E-state index contributed by atoms with van der Waals surface area (Å²) in [6, 6.07) is 13.2. The summed E-state index contributed by atoms with van der Waals surface area (Å²) >= 11 is 5.05. The van der Waals surface area contributed by atoms with Crippen LogP contribution in [0.1, 0.15) is 12.0 Å². The van der Waals surface area contributed by atoms with Crippen LogP contribution in [0.3, 0.4) is 0 Å². The fourth-order valence-electron chi connectivity index (χ4n) is 3.24. The van der Waals surface area contributed by atoms with E-state index in [1.165, 1.54) is 0 Å². The van der Waals surface area contributed by atoms with Crippen LogP contribution in [0.2, 0.25) is 0 Å². The number of nitrogens with zero attached hydrogens (tertiary/aromatic N) is 1. The van der Waals surface area contributed by atoms with E-state index in [-0.39, 0.29) is 13.0 Å². The number of halogens is 2. The van der Waals surface area contributed by atoms with Crippen LogP contribution in [0.4, 0.5) is 14.5 Å². The van der Waals surface area contributed by atoms with E-state index in [2.05, 4.69) is 0 Å². The molecule has 1 atom stereocenters. The number of anilines is 1. The van der Waals surface area contributed by atoms with E-state index in [0.29, 0.717) is 10.7 Å². The first-order valence-electron chi connectivity index (χ1n) is 8.01. The second-order valence-corrected chi connectivity index (χ2v) is 7.02. The summed E-state index contributed by atoms with van der Waals surface area (Å²) in [5.74, 6) is -3.16. The Labute approximate surface area is 149 Å². The third kappa shape index (κ3) is 2.87. The molecule has 1 aromatic heterocycles. The molecule has 0 aliphatic heterocycles. The first-order valence-corrected chi connectivity index (χ1v) is 8.42. The van der Waals surface area contributed by atoms with Crippen LogP contribution < -0.4 is 11.5 Å². The van der Waals surface area contributed by atoms with Crippen LogP contribution in [0.15, 0.2) is 48.7 Å². The minimum atomic E-state index is -2.55. The predicted molar refractivity (Wildman–Crippen MR) is 101 cm³/mol. The molecule has 0 radical (unpaired) electrons. The van der Waals surface area contributed by atoms with Gasteiger partial charge >= 0.3 is 0 Å². The second-order valence-electron chi connectivity index (χ2n) is 6.58. The monoisotopic (exact) mass is 357 g/mol. The average molecular weight is 357 g/mol. The molecule has 1 heterocycles. The zero-order valence-electron chi connectivity index (χ0n) is 13.4. The highest BCUT2D eigenvalue weighted by Gasteiger charge is 2.56. The molecular weight excluding hydrogens is 340 g/mol. The number of rotatable bonds is 4. The summed E-state index contributed by atoms with van der Waals surface area (Å²) < 4.78 is 28.6. The number of alkyl halides is 2. The molecule has 1 fully saturated rings. The SMILES string of the molecule is NC(=S)c1cccc(-c2cn(CC3CC3(F)F)c3cc(N)ccc23)c1.